The summed E-state index contributed by atoms with van der Waals surface area (Å²) in [5.41, 5.74) is 1.75. The van der Waals surface area contributed by atoms with Crippen molar-refractivity contribution in [1.82, 2.24) is 5.32 Å². The number of nitrogens with one attached hydrogen (secondary N) is 3. The minimum atomic E-state index is -0.198. The largest absolute Gasteiger partial charge is 0.351 e. The first-order valence-electron chi connectivity index (χ1n) is 8.73. The first-order chi connectivity index (χ1) is 12.8. The van der Waals surface area contributed by atoms with Crippen LogP contribution in [0.1, 0.15) is 18.4 Å². The van der Waals surface area contributed by atoms with E-state index >= 15 is 0 Å². The molecule has 2 aromatic rings. The van der Waals surface area contributed by atoms with Crippen LogP contribution in [-0.2, 0) is 9.59 Å². The van der Waals surface area contributed by atoms with Crippen molar-refractivity contribution in [2.24, 2.45) is 0 Å². The van der Waals surface area contributed by atoms with Crippen LogP contribution < -0.4 is 15.5 Å². The molecule has 144 valence electrons. The summed E-state index contributed by atoms with van der Waals surface area (Å²) in [4.78, 5) is 25.0. The molecule has 7 heteroatoms. The van der Waals surface area contributed by atoms with E-state index in [0.717, 1.165) is 4.90 Å². The highest BCUT2D eigenvalue weighted by Gasteiger charge is 2.15. The Labute approximate surface area is 169 Å². The minimum absolute atomic E-state index is 0.0855. The van der Waals surface area contributed by atoms with Gasteiger partial charge in [-0.25, -0.2) is 0 Å². The Morgan fingerprint density at radius 2 is 1.67 bits per heavy atom. The highest BCUT2D eigenvalue weighted by atomic mass is 35.5. The van der Waals surface area contributed by atoms with Crippen LogP contribution in [-0.4, -0.2) is 38.5 Å². The van der Waals surface area contributed by atoms with Gasteiger partial charge in [0.25, 0.3) is 11.8 Å². The summed E-state index contributed by atoms with van der Waals surface area (Å²) in [7, 11) is 1.80. The third-order valence-electron chi connectivity index (χ3n) is 4.10. The van der Waals surface area contributed by atoms with Gasteiger partial charge in [-0.3, -0.25) is 9.59 Å². The lowest BCUT2D eigenvalue weighted by atomic mass is 10.0. The number of likely N-dealkylation sites (N-methyl/N-ethyl adjacent to an activating group) is 1. The smallest absolute Gasteiger partial charge is 0.279 e. The first-order valence-corrected chi connectivity index (χ1v) is 9.48. The second kappa shape index (κ2) is 10.3. The normalized spacial score (nSPS) is 12.9. The van der Waals surface area contributed by atoms with E-state index in [1.807, 2.05) is 30.3 Å². The Kier molecular flexibility index (Phi) is 8.10. The summed E-state index contributed by atoms with van der Waals surface area (Å²) in [5, 5.41) is 6.48. The van der Waals surface area contributed by atoms with Crippen molar-refractivity contribution in [2.75, 3.05) is 32.0 Å². The molecule has 0 spiro atoms. The highest BCUT2D eigenvalue weighted by molar-refractivity contribution is 6.42. The molecule has 2 amide bonds. The van der Waals surface area contributed by atoms with E-state index < -0.39 is 0 Å². The third kappa shape index (κ3) is 7.21. The van der Waals surface area contributed by atoms with E-state index in [0.29, 0.717) is 22.3 Å². The van der Waals surface area contributed by atoms with Crippen molar-refractivity contribution in [3.8, 4) is 0 Å². The number of carbonyl (C=O) groups is 2. The van der Waals surface area contributed by atoms with Crippen molar-refractivity contribution in [3.63, 3.8) is 0 Å². The molecule has 2 atom stereocenters. The summed E-state index contributed by atoms with van der Waals surface area (Å²) in [6, 6.07) is 14.9. The second-order valence-electron chi connectivity index (χ2n) is 6.60. The Hall–Kier alpha value is -2.08. The van der Waals surface area contributed by atoms with Gasteiger partial charge in [-0.2, -0.15) is 0 Å². The number of anilines is 1. The zero-order valence-corrected chi connectivity index (χ0v) is 16.9. The number of hydrogen-bond donors (Lipinski definition) is 3. The second-order valence-corrected chi connectivity index (χ2v) is 7.42. The quantitative estimate of drug-likeness (QED) is 0.627. The standard InChI is InChI=1S/C20H23Cl2N3O2/c1-14(15-6-4-3-5-7-15)11-23-19(26)12-25(2)13-20(27)24-16-8-9-17(21)18(22)10-16/h3-10,14H,11-13H2,1-2H3,(H,23,26)(H,24,27)/p+1/t14-/m0/s1. The molecule has 0 saturated heterocycles. The molecule has 0 aliphatic rings. The molecule has 1 unspecified atom stereocenters. The number of benzene rings is 2. The summed E-state index contributed by atoms with van der Waals surface area (Å²) in [5.74, 6) is -0.0534. The zero-order valence-electron chi connectivity index (χ0n) is 15.4. The van der Waals surface area contributed by atoms with Crippen LogP contribution in [0.25, 0.3) is 0 Å². The van der Waals surface area contributed by atoms with Crippen molar-refractivity contribution in [2.45, 2.75) is 12.8 Å². The van der Waals surface area contributed by atoms with Gasteiger partial charge in [0.2, 0.25) is 0 Å². The number of carbonyl (C=O) groups excluding carboxylic acids is 2. The lowest BCUT2D eigenvalue weighted by Crippen LogP contribution is -3.11. The molecule has 2 rings (SSSR count). The van der Waals surface area contributed by atoms with Gasteiger partial charge in [-0.1, -0.05) is 60.5 Å². The molecule has 0 saturated carbocycles. The predicted octanol–water partition coefficient (Wildman–Crippen LogP) is 2.37. The predicted molar refractivity (Wildman–Crippen MR) is 110 cm³/mol. The third-order valence-corrected chi connectivity index (χ3v) is 4.84. The number of quaternary nitrogens is 1. The molecule has 27 heavy (non-hydrogen) atoms. The molecule has 0 bridgehead atoms. The fourth-order valence-corrected chi connectivity index (χ4v) is 2.92. The molecule has 0 fully saturated rings. The molecule has 0 aromatic heterocycles. The number of hydrogen-bond acceptors (Lipinski definition) is 2. The van der Waals surface area contributed by atoms with E-state index in [2.05, 4.69) is 17.6 Å². The molecule has 0 heterocycles. The fraction of sp³-hybridized carbons (Fsp3) is 0.300. The molecule has 5 nitrogen and oxygen atoms in total. The van der Waals surface area contributed by atoms with E-state index in [9.17, 15) is 9.59 Å². The van der Waals surface area contributed by atoms with Gasteiger partial charge in [0, 0.05) is 12.2 Å². The Balaban J connectivity index is 1.73. The van der Waals surface area contributed by atoms with E-state index in [4.69, 9.17) is 23.2 Å². The Morgan fingerprint density at radius 3 is 2.33 bits per heavy atom. The molecule has 0 aliphatic heterocycles. The first kappa shape index (κ1) is 21.2. The maximum atomic E-state index is 12.1. The maximum Gasteiger partial charge on any atom is 0.279 e. The van der Waals surface area contributed by atoms with E-state index in [1.54, 1.807) is 25.2 Å². The van der Waals surface area contributed by atoms with E-state index in [1.165, 1.54) is 5.56 Å². The monoisotopic (exact) mass is 408 g/mol. The molecular formula is C20H24Cl2N3O2+. The van der Waals surface area contributed by atoms with Gasteiger partial charge in [-0.15, -0.1) is 0 Å². The number of halogens is 2. The van der Waals surface area contributed by atoms with Crippen molar-refractivity contribution in [1.29, 1.82) is 0 Å². The van der Waals surface area contributed by atoms with Gasteiger partial charge < -0.3 is 15.5 Å². The molecule has 3 N–H and O–H groups in total. The number of amides is 2. The van der Waals surface area contributed by atoms with Crippen LogP contribution in [0.4, 0.5) is 5.69 Å². The lowest BCUT2D eigenvalue weighted by molar-refractivity contribution is -0.862. The van der Waals surface area contributed by atoms with Gasteiger partial charge in [0.05, 0.1) is 17.1 Å². The highest BCUT2D eigenvalue weighted by Crippen LogP contribution is 2.24. The minimum Gasteiger partial charge on any atom is -0.351 e. The molecular weight excluding hydrogens is 385 g/mol. The van der Waals surface area contributed by atoms with Crippen LogP contribution in [0.5, 0.6) is 0 Å². The summed E-state index contributed by atoms with van der Waals surface area (Å²) in [6.07, 6.45) is 0. The maximum absolute atomic E-state index is 12.1. The van der Waals surface area contributed by atoms with Crippen molar-refractivity contribution < 1.29 is 14.5 Å². The van der Waals surface area contributed by atoms with E-state index in [-0.39, 0.29) is 30.8 Å². The lowest BCUT2D eigenvalue weighted by Gasteiger charge is -2.16. The SMILES string of the molecule is C[C@@H](CNC(=O)C[NH+](C)CC(=O)Nc1ccc(Cl)c(Cl)c1)c1ccccc1. The van der Waals surface area contributed by atoms with Gasteiger partial charge in [0.1, 0.15) is 0 Å². The topological polar surface area (TPSA) is 62.6 Å². The van der Waals surface area contributed by atoms with Gasteiger partial charge in [-0.05, 0) is 29.7 Å². The summed E-state index contributed by atoms with van der Waals surface area (Å²) >= 11 is 11.8. The van der Waals surface area contributed by atoms with Gasteiger partial charge >= 0.3 is 0 Å². The summed E-state index contributed by atoms with van der Waals surface area (Å²) in [6.45, 7) is 3.01. The van der Waals surface area contributed by atoms with Crippen LogP contribution in [0.2, 0.25) is 10.0 Å². The Morgan fingerprint density at radius 1 is 1.00 bits per heavy atom. The zero-order chi connectivity index (χ0) is 19.8. The van der Waals surface area contributed by atoms with Gasteiger partial charge in [0.15, 0.2) is 13.1 Å². The number of rotatable bonds is 8. The van der Waals surface area contributed by atoms with Crippen LogP contribution >= 0.6 is 23.2 Å². The average molecular weight is 409 g/mol. The fourth-order valence-electron chi connectivity index (χ4n) is 2.62. The molecule has 2 aromatic carbocycles. The summed E-state index contributed by atoms with van der Waals surface area (Å²) < 4.78 is 0. The molecule has 0 aliphatic carbocycles. The Bertz CT molecular complexity index is 784. The molecule has 0 radical (unpaired) electrons. The van der Waals surface area contributed by atoms with Crippen LogP contribution in [0.3, 0.4) is 0 Å². The van der Waals surface area contributed by atoms with Crippen molar-refractivity contribution in [3.05, 3.63) is 64.1 Å². The van der Waals surface area contributed by atoms with Crippen molar-refractivity contribution >= 4 is 40.7 Å². The van der Waals surface area contributed by atoms with Crippen LogP contribution in [0, 0.1) is 0 Å². The average Bonchev–Trinajstić information content (AvgIpc) is 2.63. The van der Waals surface area contributed by atoms with Crippen LogP contribution in [0.15, 0.2) is 48.5 Å².